The van der Waals surface area contributed by atoms with E-state index >= 15 is 0 Å². The topological polar surface area (TPSA) is 9.23 Å². The molecule has 0 bridgehead atoms. The maximum Gasteiger partial charge on any atom is 0.416 e. The van der Waals surface area contributed by atoms with Crippen molar-refractivity contribution in [3.05, 3.63) is 35.4 Å². The van der Waals surface area contributed by atoms with Gasteiger partial charge in [-0.1, -0.05) is 44.9 Å². The highest BCUT2D eigenvalue weighted by Crippen LogP contribution is 2.40. The third kappa shape index (κ3) is 4.62. The molecule has 121 valence electrons. The molecule has 1 nitrogen and oxygen atoms in total. The van der Waals surface area contributed by atoms with Crippen LogP contribution in [0.3, 0.4) is 0 Å². The summed E-state index contributed by atoms with van der Waals surface area (Å²) in [6.45, 7) is 9.70. The Morgan fingerprint density at radius 1 is 1.14 bits per heavy atom. The van der Waals surface area contributed by atoms with Crippen LogP contribution in [0.5, 0.6) is 0 Å². The number of alkyl halides is 3. The maximum absolute atomic E-state index is 13.3. The Labute approximate surface area is 132 Å². The number of hydrogen-bond acceptors (Lipinski definition) is 1. The van der Waals surface area contributed by atoms with Crippen LogP contribution in [0.2, 0.25) is 13.1 Å². The van der Waals surface area contributed by atoms with Crippen molar-refractivity contribution in [2.24, 2.45) is 5.41 Å². The average molecular weight is 327 g/mol. The Bertz CT molecular complexity index is 538. The highest BCUT2D eigenvalue weighted by Gasteiger charge is 2.40. The molecule has 1 rings (SSSR count). The highest BCUT2D eigenvalue weighted by atomic mass is 28.3. The normalized spacial score (nSPS) is 15.5. The van der Waals surface area contributed by atoms with Gasteiger partial charge in [0.25, 0.3) is 0 Å². The van der Waals surface area contributed by atoms with Crippen molar-refractivity contribution in [2.45, 2.75) is 52.1 Å². The second kappa shape index (κ2) is 6.89. The fourth-order valence-electron chi connectivity index (χ4n) is 2.37. The first-order valence-corrected chi connectivity index (χ1v) is 9.48. The lowest BCUT2D eigenvalue weighted by Gasteiger charge is -2.37. The molecule has 0 saturated carbocycles. The van der Waals surface area contributed by atoms with Crippen molar-refractivity contribution in [1.29, 1.82) is 0 Å². The van der Waals surface area contributed by atoms with Crippen molar-refractivity contribution in [2.75, 3.05) is 0 Å². The average Bonchev–Trinajstić information content (AvgIpc) is 2.36. The van der Waals surface area contributed by atoms with E-state index < -0.39 is 32.8 Å². The molecule has 0 N–H and O–H groups in total. The zero-order valence-electron chi connectivity index (χ0n) is 13.6. The second-order valence-corrected chi connectivity index (χ2v) is 8.59. The first kappa shape index (κ1) is 18.8. The monoisotopic (exact) mass is 327 g/mol. The van der Waals surface area contributed by atoms with Gasteiger partial charge in [0.05, 0.1) is 17.6 Å². The highest BCUT2D eigenvalue weighted by molar-refractivity contribution is 6.48. The Morgan fingerprint density at radius 2 is 1.68 bits per heavy atom. The molecule has 5 heteroatoms. The van der Waals surface area contributed by atoms with Crippen LogP contribution in [0.1, 0.15) is 37.8 Å². The molecule has 22 heavy (non-hydrogen) atoms. The summed E-state index contributed by atoms with van der Waals surface area (Å²) < 4.78 is 45.8. The molecule has 0 fully saturated rings. The summed E-state index contributed by atoms with van der Waals surface area (Å²) in [4.78, 5) is 0. The summed E-state index contributed by atoms with van der Waals surface area (Å²) in [6, 6.07) is 5.48. The van der Waals surface area contributed by atoms with Crippen molar-refractivity contribution in [3.8, 4) is 12.3 Å². The van der Waals surface area contributed by atoms with E-state index in [1.165, 1.54) is 12.1 Å². The molecule has 2 atom stereocenters. The van der Waals surface area contributed by atoms with Crippen LogP contribution in [-0.4, -0.2) is 15.1 Å². The molecule has 1 aromatic rings. The predicted octanol–water partition coefficient (Wildman–Crippen LogP) is 5.10. The molecule has 0 aliphatic heterocycles. The summed E-state index contributed by atoms with van der Waals surface area (Å²) in [5.41, 5.74) is -0.935. The van der Waals surface area contributed by atoms with Crippen LogP contribution < -0.4 is 0 Å². The molecule has 0 amide bonds. The summed E-state index contributed by atoms with van der Waals surface area (Å²) in [6.07, 6.45) is 0.706. The van der Waals surface area contributed by atoms with Gasteiger partial charge in [-0.3, -0.25) is 0 Å². The lowest BCUT2D eigenvalue weighted by molar-refractivity contribution is -0.138. The van der Waals surface area contributed by atoms with Crippen molar-refractivity contribution >= 4 is 9.04 Å². The van der Waals surface area contributed by atoms with Crippen LogP contribution in [0.4, 0.5) is 13.2 Å². The first-order valence-electron chi connectivity index (χ1n) is 7.07. The maximum atomic E-state index is 13.3. The van der Waals surface area contributed by atoms with Crippen LogP contribution >= 0.6 is 0 Å². The van der Waals surface area contributed by atoms with Gasteiger partial charge in [-0.15, -0.1) is 6.42 Å². The third-order valence-corrected chi connectivity index (χ3v) is 4.03. The summed E-state index contributed by atoms with van der Waals surface area (Å²) in [7, 11) is -1.10. The number of terminal acetylenes is 1. The standard InChI is InChI=1S/C17H22F3OSi/c1-7-12(15(16(2,3)4)21-22(5)6)13-10-8-9-11-14(13)17(18,19)20/h1,8-12,15H,2-6H3. The summed E-state index contributed by atoms with van der Waals surface area (Å²) >= 11 is 0. The Hall–Kier alpha value is -1.25. The molecule has 0 saturated heterocycles. The Balaban J connectivity index is 3.40. The van der Waals surface area contributed by atoms with Crippen molar-refractivity contribution in [3.63, 3.8) is 0 Å². The Kier molecular flexibility index (Phi) is 5.88. The van der Waals surface area contributed by atoms with Gasteiger partial charge in [0.1, 0.15) is 0 Å². The number of halogens is 3. The molecule has 1 aromatic carbocycles. The number of rotatable bonds is 4. The van der Waals surface area contributed by atoms with E-state index in [1.807, 2.05) is 33.9 Å². The van der Waals surface area contributed by atoms with Crippen LogP contribution in [0.15, 0.2) is 24.3 Å². The molecule has 2 unspecified atom stereocenters. The van der Waals surface area contributed by atoms with Crippen LogP contribution in [-0.2, 0) is 10.6 Å². The smallest absolute Gasteiger partial charge is 0.412 e. The van der Waals surface area contributed by atoms with Gasteiger partial charge < -0.3 is 4.43 Å². The second-order valence-electron chi connectivity index (χ2n) is 6.54. The number of benzene rings is 1. The van der Waals surface area contributed by atoms with E-state index in [9.17, 15) is 13.2 Å². The van der Waals surface area contributed by atoms with Gasteiger partial charge in [-0.25, -0.2) is 0 Å². The van der Waals surface area contributed by atoms with Gasteiger partial charge in [0, 0.05) is 0 Å². The lowest BCUT2D eigenvalue weighted by atomic mass is 9.77. The minimum absolute atomic E-state index is 0.112. The first-order chi connectivity index (χ1) is 9.98. The van der Waals surface area contributed by atoms with Gasteiger partial charge >= 0.3 is 6.18 Å². The lowest BCUT2D eigenvalue weighted by Crippen LogP contribution is -2.38. The minimum atomic E-state index is -4.43. The molecule has 0 aliphatic carbocycles. The molecule has 1 radical (unpaired) electrons. The SMILES string of the molecule is C#CC(c1ccccc1C(F)(F)F)C(O[Si](C)C)C(C)(C)C. The quantitative estimate of drug-likeness (QED) is 0.552. The van der Waals surface area contributed by atoms with Crippen molar-refractivity contribution in [1.82, 2.24) is 0 Å². The molecular weight excluding hydrogens is 305 g/mol. The van der Waals surface area contributed by atoms with E-state index in [0.717, 1.165) is 6.07 Å². The fraction of sp³-hybridized carbons (Fsp3) is 0.529. The summed E-state index contributed by atoms with van der Waals surface area (Å²) in [5.74, 6) is 1.80. The minimum Gasteiger partial charge on any atom is -0.412 e. The Morgan fingerprint density at radius 3 is 2.09 bits per heavy atom. The van der Waals surface area contributed by atoms with E-state index in [1.54, 1.807) is 6.07 Å². The predicted molar refractivity (Wildman–Crippen MR) is 84.8 cm³/mol. The van der Waals surface area contributed by atoms with E-state index in [2.05, 4.69) is 5.92 Å². The fourth-order valence-corrected chi connectivity index (χ4v) is 3.36. The van der Waals surface area contributed by atoms with Crippen LogP contribution in [0.25, 0.3) is 0 Å². The largest absolute Gasteiger partial charge is 0.416 e. The van der Waals surface area contributed by atoms with Gasteiger partial charge in [0.15, 0.2) is 0 Å². The molecule has 0 heterocycles. The van der Waals surface area contributed by atoms with E-state index in [0.29, 0.717) is 0 Å². The molecule has 0 aliphatic rings. The van der Waals surface area contributed by atoms with Gasteiger partial charge in [-0.2, -0.15) is 13.2 Å². The zero-order chi connectivity index (χ0) is 17.1. The van der Waals surface area contributed by atoms with Crippen LogP contribution in [0, 0.1) is 17.8 Å². The molecule has 0 aromatic heterocycles. The zero-order valence-corrected chi connectivity index (χ0v) is 14.6. The third-order valence-electron chi connectivity index (χ3n) is 3.30. The van der Waals surface area contributed by atoms with Crippen molar-refractivity contribution < 1.29 is 17.6 Å². The summed E-state index contributed by atoms with van der Waals surface area (Å²) in [5, 5.41) is 0. The number of hydrogen-bond donors (Lipinski definition) is 0. The van der Waals surface area contributed by atoms with E-state index in [-0.39, 0.29) is 11.0 Å². The van der Waals surface area contributed by atoms with Gasteiger partial charge in [-0.05, 0) is 30.1 Å². The molecular formula is C17H22F3OSi. The molecule has 0 spiro atoms. The van der Waals surface area contributed by atoms with Gasteiger partial charge in [0.2, 0.25) is 9.04 Å². The van der Waals surface area contributed by atoms with E-state index in [4.69, 9.17) is 10.8 Å².